The molecule has 1 aliphatic heterocycles. The molecule has 0 aliphatic carbocycles. The third kappa shape index (κ3) is 5.17. The van der Waals surface area contributed by atoms with Crippen LogP contribution < -0.4 is 0 Å². The van der Waals surface area contributed by atoms with Crippen LogP contribution in [0.4, 0.5) is 11.4 Å². The maximum atomic E-state index is 11.5. The monoisotopic (exact) mass is 520 g/mol. The van der Waals surface area contributed by atoms with E-state index in [-0.39, 0.29) is 11.6 Å². The number of hydrogen-bond donors (Lipinski definition) is 3. The Hall–Kier alpha value is -4.76. The van der Waals surface area contributed by atoms with E-state index in [2.05, 4.69) is 32.0 Å². The molecule has 0 amide bonds. The highest BCUT2D eigenvalue weighted by molar-refractivity contribution is 6.22. The number of aliphatic imine (C=N–C) groups is 1. The fourth-order valence-corrected chi connectivity index (χ4v) is 5.19. The van der Waals surface area contributed by atoms with Gasteiger partial charge in [0, 0.05) is 35.1 Å². The van der Waals surface area contributed by atoms with E-state index in [0.29, 0.717) is 27.9 Å². The number of H-pyrrole nitrogens is 2. The molecule has 0 atom stereocenters. The molecular formula is C30H28N6O3. The summed E-state index contributed by atoms with van der Waals surface area (Å²) >= 11 is 0. The van der Waals surface area contributed by atoms with Gasteiger partial charge in [-0.2, -0.15) is 0 Å². The number of fused-ring (bicyclic) bond motifs is 1. The lowest BCUT2D eigenvalue weighted by Crippen LogP contribution is -2.29. The van der Waals surface area contributed by atoms with Gasteiger partial charge in [-0.05, 0) is 55.3 Å². The molecule has 196 valence electrons. The summed E-state index contributed by atoms with van der Waals surface area (Å²) in [7, 11) is 0. The van der Waals surface area contributed by atoms with E-state index in [0.717, 1.165) is 36.5 Å². The van der Waals surface area contributed by atoms with Gasteiger partial charge in [-0.15, -0.1) is 0 Å². The van der Waals surface area contributed by atoms with Gasteiger partial charge in [0.1, 0.15) is 0 Å². The Morgan fingerprint density at radius 2 is 1.79 bits per heavy atom. The minimum atomic E-state index is -0.437. The quantitative estimate of drug-likeness (QED) is 0.131. The Labute approximate surface area is 225 Å². The topological polar surface area (TPSA) is 123 Å². The zero-order chi connectivity index (χ0) is 26.8. The van der Waals surface area contributed by atoms with Crippen molar-refractivity contribution in [3.63, 3.8) is 0 Å². The summed E-state index contributed by atoms with van der Waals surface area (Å²) in [5.41, 5.74) is 6.07. The van der Waals surface area contributed by atoms with Crippen LogP contribution >= 0.6 is 0 Å². The fourth-order valence-electron chi connectivity index (χ4n) is 5.19. The van der Waals surface area contributed by atoms with Crippen LogP contribution in [0.2, 0.25) is 0 Å². The fraction of sp³-hybridized carbons (Fsp3) is 0.200. The first-order valence-electron chi connectivity index (χ1n) is 13.0. The van der Waals surface area contributed by atoms with Gasteiger partial charge >= 0.3 is 0 Å². The number of aromatic hydroxyl groups is 1. The molecule has 2 aromatic heterocycles. The number of non-ortho nitro benzene ring substituents is 1. The minimum Gasteiger partial charge on any atom is -0.494 e. The number of aromatic amines is 2. The molecule has 5 aromatic rings. The van der Waals surface area contributed by atoms with Crippen molar-refractivity contribution in [2.75, 3.05) is 13.1 Å². The number of nitrogens with zero attached hydrogens (tertiary/aromatic N) is 4. The summed E-state index contributed by atoms with van der Waals surface area (Å²) < 4.78 is 0. The first-order valence-corrected chi connectivity index (χ1v) is 13.0. The zero-order valence-electron chi connectivity index (χ0n) is 21.3. The first-order chi connectivity index (χ1) is 19.0. The van der Waals surface area contributed by atoms with Crippen LogP contribution in [0.5, 0.6) is 5.88 Å². The van der Waals surface area contributed by atoms with Gasteiger partial charge in [0.2, 0.25) is 0 Å². The number of hydrogen-bond acceptors (Lipinski definition) is 6. The van der Waals surface area contributed by atoms with Crippen molar-refractivity contribution in [2.24, 2.45) is 4.99 Å². The smallest absolute Gasteiger partial charge is 0.270 e. The molecule has 1 saturated heterocycles. The highest BCUT2D eigenvalue weighted by atomic mass is 16.6. The molecule has 3 heterocycles. The van der Waals surface area contributed by atoms with E-state index in [1.54, 1.807) is 18.6 Å². The van der Waals surface area contributed by atoms with E-state index in [1.165, 1.54) is 37.0 Å². The number of likely N-dealkylation sites (tertiary alicyclic amines) is 1. The summed E-state index contributed by atoms with van der Waals surface area (Å²) in [6.45, 7) is 3.13. The maximum absolute atomic E-state index is 11.5. The Bertz CT molecular complexity index is 1630. The van der Waals surface area contributed by atoms with Crippen molar-refractivity contribution in [3.05, 3.63) is 106 Å². The summed E-state index contributed by atoms with van der Waals surface area (Å²) in [6.07, 6.45) is 7.16. The van der Waals surface area contributed by atoms with E-state index in [1.807, 2.05) is 36.4 Å². The molecule has 39 heavy (non-hydrogen) atoms. The van der Waals surface area contributed by atoms with Crippen LogP contribution in [0.15, 0.2) is 84.2 Å². The van der Waals surface area contributed by atoms with E-state index >= 15 is 0 Å². The lowest BCUT2D eigenvalue weighted by Gasteiger charge is -2.26. The van der Waals surface area contributed by atoms with Gasteiger partial charge in [-0.3, -0.25) is 15.0 Å². The van der Waals surface area contributed by atoms with Gasteiger partial charge in [-0.25, -0.2) is 9.98 Å². The Morgan fingerprint density at radius 3 is 2.49 bits per heavy atom. The van der Waals surface area contributed by atoms with E-state index in [4.69, 9.17) is 4.99 Å². The number of benzene rings is 3. The van der Waals surface area contributed by atoms with Gasteiger partial charge in [0.25, 0.3) is 5.69 Å². The summed E-state index contributed by atoms with van der Waals surface area (Å²) in [5.74, 6) is -0.0873. The van der Waals surface area contributed by atoms with Crippen molar-refractivity contribution in [2.45, 2.75) is 25.8 Å². The van der Waals surface area contributed by atoms with Crippen LogP contribution in [0.25, 0.3) is 22.2 Å². The summed E-state index contributed by atoms with van der Waals surface area (Å²) in [4.78, 5) is 28.6. The molecule has 0 unspecified atom stereocenters. The van der Waals surface area contributed by atoms with Crippen molar-refractivity contribution < 1.29 is 10.0 Å². The van der Waals surface area contributed by atoms with Crippen molar-refractivity contribution in [3.8, 4) is 17.1 Å². The molecule has 9 heteroatoms. The standard InChI is InChI=1S/C30H28N6O3/c37-30-28(25-16-24(36(38)39)12-13-26(25)34-30)29(33-23-10-8-21(9-11-23)27-17-31-19-32-27)22-6-4-20(5-7-22)18-35-14-2-1-3-15-35/h4-13,16-17,19,34,37H,1-3,14-15,18H2,(H,31,32). The molecule has 1 fully saturated rings. The maximum Gasteiger partial charge on any atom is 0.270 e. The molecule has 3 N–H and O–H groups in total. The van der Waals surface area contributed by atoms with Crippen LogP contribution in [0.3, 0.4) is 0 Å². The van der Waals surface area contributed by atoms with Crippen molar-refractivity contribution >= 4 is 28.0 Å². The molecule has 0 spiro atoms. The second kappa shape index (κ2) is 10.5. The summed E-state index contributed by atoms with van der Waals surface area (Å²) in [5, 5.41) is 23.0. The average Bonchev–Trinajstić information content (AvgIpc) is 3.61. The molecule has 0 bridgehead atoms. The van der Waals surface area contributed by atoms with Crippen molar-refractivity contribution in [1.82, 2.24) is 19.9 Å². The predicted octanol–water partition coefficient (Wildman–Crippen LogP) is 6.33. The highest BCUT2D eigenvalue weighted by Crippen LogP contribution is 2.34. The van der Waals surface area contributed by atoms with Crippen molar-refractivity contribution in [1.29, 1.82) is 0 Å². The second-order valence-corrected chi connectivity index (χ2v) is 9.84. The highest BCUT2D eigenvalue weighted by Gasteiger charge is 2.21. The third-order valence-electron chi connectivity index (χ3n) is 7.21. The predicted molar refractivity (Wildman–Crippen MR) is 152 cm³/mol. The van der Waals surface area contributed by atoms with Crippen LogP contribution in [-0.2, 0) is 6.54 Å². The third-order valence-corrected chi connectivity index (χ3v) is 7.21. The molecule has 0 radical (unpaired) electrons. The van der Waals surface area contributed by atoms with Crippen LogP contribution in [0, 0.1) is 10.1 Å². The van der Waals surface area contributed by atoms with Gasteiger partial charge in [0.15, 0.2) is 5.88 Å². The van der Waals surface area contributed by atoms with E-state index < -0.39 is 4.92 Å². The number of imidazole rings is 1. The van der Waals surface area contributed by atoms with Crippen LogP contribution in [0.1, 0.15) is 36.0 Å². The number of piperidine rings is 1. The molecule has 6 rings (SSSR count). The number of nitro groups is 1. The largest absolute Gasteiger partial charge is 0.494 e. The molecule has 0 saturated carbocycles. The lowest BCUT2D eigenvalue weighted by atomic mass is 9.99. The SMILES string of the molecule is O=[N+]([O-])c1ccc2[nH]c(O)c(C(=Nc3ccc(-c4cnc[nH]4)cc3)c3ccc(CN4CCCCC4)cc3)c2c1. The van der Waals surface area contributed by atoms with Gasteiger partial charge in [0.05, 0.1) is 40.1 Å². The molecule has 1 aliphatic rings. The molecule has 3 aromatic carbocycles. The second-order valence-electron chi connectivity index (χ2n) is 9.84. The summed E-state index contributed by atoms with van der Waals surface area (Å²) in [6, 6.07) is 20.4. The number of nitro benzene ring substituents is 1. The Morgan fingerprint density at radius 1 is 1.03 bits per heavy atom. The van der Waals surface area contributed by atoms with E-state index in [9.17, 15) is 15.2 Å². The lowest BCUT2D eigenvalue weighted by molar-refractivity contribution is -0.384. The Balaban J connectivity index is 1.43. The first kappa shape index (κ1) is 24.6. The minimum absolute atomic E-state index is 0.0529. The normalized spacial score (nSPS) is 14.6. The number of aromatic nitrogens is 3. The van der Waals surface area contributed by atoms with Crippen LogP contribution in [-0.4, -0.2) is 48.7 Å². The van der Waals surface area contributed by atoms with Gasteiger partial charge in [-0.1, -0.05) is 42.8 Å². The Kier molecular flexibility index (Phi) is 6.64. The van der Waals surface area contributed by atoms with Gasteiger partial charge < -0.3 is 15.1 Å². The number of rotatable bonds is 7. The zero-order valence-corrected chi connectivity index (χ0v) is 21.3. The number of nitrogens with one attached hydrogen (secondary N) is 2. The molecular weight excluding hydrogens is 492 g/mol. The molecule has 9 nitrogen and oxygen atoms in total. The average molecular weight is 521 g/mol.